The molecule has 0 aromatic rings. The molecule has 1 fully saturated rings. The van der Waals surface area contributed by atoms with Crippen LogP contribution in [0, 0.1) is 0 Å². The summed E-state index contributed by atoms with van der Waals surface area (Å²) in [5.74, 6) is 0. The lowest BCUT2D eigenvalue weighted by Crippen LogP contribution is -2.41. The summed E-state index contributed by atoms with van der Waals surface area (Å²) in [7, 11) is -1.46. The van der Waals surface area contributed by atoms with Gasteiger partial charge in [0.15, 0.2) is 0 Å². The van der Waals surface area contributed by atoms with E-state index >= 15 is 0 Å². The van der Waals surface area contributed by atoms with E-state index in [0.717, 1.165) is 13.2 Å². The SMILES string of the molecule is CCO[SiH](OCC)C1(CI)CCCCC1. The highest BCUT2D eigenvalue weighted by molar-refractivity contribution is 14.1. The lowest BCUT2D eigenvalue weighted by molar-refractivity contribution is 0.174. The van der Waals surface area contributed by atoms with Crippen molar-refractivity contribution in [1.29, 1.82) is 0 Å². The van der Waals surface area contributed by atoms with Gasteiger partial charge in [-0.2, -0.15) is 0 Å². The molecule has 0 radical (unpaired) electrons. The molecule has 1 aliphatic rings. The second-order valence-corrected chi connectivity index (χ2v) is 7.62. The van der Waals surface area contributed by atoms with Crippen LogP contribution in [0.25, 0.3) is 0 Å². The number of halogens is 1. The Hall–Kier alpha value is 0.867. The maximum absolute atomic E-state index is 5.93. The molecule has 1 aliphatic carbocycles. The fraction of sp³-hybridized carbons (Fsp3) is 1.00. The van der Waals surface area contributed by atoms with Gasteiger partial charge in [0.1, 0.15) is 0 Å². The number of hydrogen-bond acceptors (Lipinski definition) is 2. The summed E-state index contributed by atoms with van der Waals surface area (Å²) >= 11 is 2.53. The molecule has 0 aromatic heterocycles. The molecule has 15 heavy (non-hydrogen) atoms. The van der Waals surface area contributed by atoms with Gasteiger partial charge in [0.25, 0.3) is 0 Å². The van der Waals surface area contributed by atoms with E-state index in [9.17, 15) is 0 Å². The predicted octanol–water partition coefficient (Wildman–Crippen LogP) is 3.42. The Morgan fingerprint density at radius 1 is 1.07 bits per heavy atom. The van der Waals surface area contributed by atoms with Crippen LogP contribution in [0.15, 0.2) is 0 Å². The Morgan fingerprint density at radius 2 is 1.60 bits per heavy atom. The molecule has 0 N–H and O–H groups in total. The summed E-state index contributed by atoms with van der Waals surface area (Å²) in [5, 5.41) is 0.421. The highest BCUT2D eigenvalue weighted by Gasteiger charge is 2.42. The van der Waals surface area contributed by atoms with E-state index in [1.165, 1.54) is 36.5 Å². The van der Waals surface area contributed by atoms with E-state index in [2.05, 4.69) is 36.4 Å². The smallest absolute Gasteiger partial charge is 0.328 e. The molecule has 0 bridgehead atoms. The summed E-state index contributed by atoms with van der Waals surface area (Å²) in [6, 6.07) is 0. The van der Waals surface area contributed by atoms with E-state index in [1.807, 2.05) is 0 Å². The van der Waals surface area contributed by atoms with Gasteiger partial charge in [-0.1, -0.05) is 41.9 Å². The van der Waals surface area contributed by atoms with Gasteiger partial charge in [0.2, 0.25) is 0 Å². The molecule has 0 atom stereocenters. The highest BCUT2D eigenvalue weighted by atomic mass is 127. The standard InChI is InChI=1S/C11H23IO2Si/c1-3-13-15(14-4-2)11(10-12)8-6-5-7-9-11/h15H,3-10H2,1-2H3. The third kappa shape index (κ3) is 3.68. The van der Waals surface area contributed by atoms with Gasteiger partial charge in [-0.05, 0) is 26.7 Å². The zero-order valence-electron chi connectivity index (χ0n) is 9.93. The van der Waals surface area contributed by atoms with Gasteiger partial charge in [-0.3, -0.25) is 0 Å². The molecule has 0 saturated heterocycles. The van der Waals surface area contributed by atoms with Crippen molar-refractivity contribution in [3.05, 3.63) is 0 Å². The molecule has 2 nitrogen and oxygen atoms in total. The quantitative estimate of drug-likeness (QED) is 0.418. The minimum Gasteiger partial charge on any atom is -0.396 e. The summed E-state index contributed by atoms with van der Waals surface area (Å²) in [6.07, 6.45) is 6.79. The van der Waals surface area contributed by atoms with Crippen molar-refractivity contribution in [3.8, 4) is 0 Å². The van der Waals surface area contributed by atoms with Crippen molar-refractivity contribution in [3.63, 3.8) is 0 Å². The number of alkyl halides is 1. The summed E-state index contributed by atoms with van der Waals surface area (Å²) in [6.45, 7) is 5.80. The molecular formula is C11H23IO2Si. The summed E-state index contributed by atoms with van der Waals surface area (Å²) in [5.41, 5.74) is 0. The van der Waals surface area contributed by atoms with Gasteiger partial charge in [-0.15, -0.1) is 0 Å². The van der Waals surface area contributed by atoms with Crippen LogP contribution in [0.1, 0.15) is 46.0 Å². The molecule has 0 heterocycles. The van der Waals surface area contributed by atoms with Gasteiger partial charge in [-0.25, -0.2) is 0 Å². The van der Waals surface area contributed by atoms with Crippen LogP contribution in [0.5, 0.6) is 0 Å². The van der Waals surface area contributed by atoms with Crippen LogP contribution >= 0.6 is 22.6 Å². The van der Waals surface area contributed by atoms with Crippen LogP contribution in [0.3, 0.4) is 0 Å². The maximum atomic E-state index is 5.93. The third-order valence-electron chi connectivity index (χ3n) is 3.25. The third-order valence-corrected chi connectivity index (χ3v) is 8.66. The van der Waals surface area contributed by atoms with E-state index in [-0.39, 0.29) is 0 Å². The largest absolute Gasteiger partial charge is 0.396 e. The van der Waals surface area contributed by atoms with Crippen molar-refractivity contribution in [2.75, 3.05) is 17.6 Å². The predicted molar refractivity (Wildman–Crippen MR) is 75.1 cm³/mol. The minimum atomic E-state index is -1.46. The molecule has 90 valence electrons. The minimum absolute atomic E-state index is 0.421. The molecule has 0 aromatic carbocycles. The van der Waals surface area contributed by atoms with E-state index < -0.39 is 9.28 Å². The van der Waals surface area contributed by atoms with Gasteiger partial charge in [0, 0.05) is 22.7 Å². The zero-order chi connectivity index (χ0) is 11.1. The Labute approximate surface area is 109 Å². The first-order chi connectivity index (χ1) is 7.29. The Morgan fingerprint density at radius 3 is 2.00 bits per heavy atom. The van der Waals surface area contributed by atoms with Crippen molar-refractivity contribution >= 4 is 31.9 Å². The summed E-state index contributed by atoms with van der Waals surface area (Å²) < 4.78 is 13.1. The molecule has 1 saturated carbocycles. The van der Waals surface area contributed by atoms with Crippen LogP contribution in [0.2, 0.25) is 5.04 Å². The molecule has 0 amide bonds. The van der Waals surface area contributed by atoms with Crippen LogP contribution in [-0.2, 0) is 8.85 Å². The average Bonchev–Trinajstić information content (AvgIpc) is 2.30. The zero-order valence-corrected chi connectivity index (χ0v) is 13.2. The van der Waals surface area contributed by atoms with Gasteiger partial charge < -0.3 is 8.85 Å². The topological polar surface area (TPSA) is 18.5 Å². The van der Waals surface area contributed by atoms with E-state index in [1.54, 1.807) is 0 Å². The monoisotopic (exact) mass is 342 g/mol. The molecular weight excluding hydrogens is 319 g/mol. The first kappa shape index (κ1) is 13.9. The summed E-state index contributed by atoms with van der Waals surface area (Å²) in [4.78, 5) is 0. The first-order valence-electron chi connectivity index (χ1n) is 6.08. The number of rotatable bonds is 6. The molecule has 4 heteroatoms. The van der Waals surface area contributed by atoms with Gasteiger partial charge >= 0.3 is 9.28 Å². The lowest BCUT2D eigenvalue weighted by Gasteiger charge is -2.39. The molecule has 0 aliphatic heterocycles. The second kappa shape index (κ2) is 7.24. The second-order valence-electron chi connectivity index (χ2n) is 4.30. The van der Waals surface area contributed by atoms with Crippen LogP contribution < -0.4 is 0 Å². The lowest BCUT2D eigenvalue weighted by atomic mass is 9.90. The Kier molecular flexibility index (Phi) is 6.73. The van der Waals surface area contributed by atoms with Crippen molar-refractivity contribution in [1.82, 2.24) is 0 Å². The van der Waals surface area contributed by atoms with E-state index in [4.69, 9.17) is 8.85 Å². The first-order valence-corrected chi connectivity index (χ1v) is 9.13. The highest BCUT2D eigenvalue weighted by Crippen LogP contribution is 2.47. The Balaban J connectivity index is 2.65. The fourth-order valence-corrected chi connectivity index (χ4v) is 6.65. The van der Waals surface area contributed by atoms with Gasteiger partial charge in [0.05, 0.1) is 0 Å². The average molecular weight is 342 g/mol. The van der Waals surface area contributed by atoms with Crippen molar-refractivity contribution in [2.24, 2.45) is 0 Å². The van der Waals surface area contributed by atoms with Crippen molar-refractivity contribution < 1.29 is 8.85 Å². The Bertz CT molecular complexity index is 166. The number of hydrogen-bond donors (Lipinski definition) is 0. The molecule has 1 rings (SSSR count). The van der Waals surface area contributed by atoms with E-state index in [0.29, 0.717) is 5.04 Å². The maximum Gasteiger partial charge on any atom is 0.328 e. The van der Waals surface area contributed by atoms with Crippen LogP contribution in [-0.4, -0.2) is 26.9 Å². The molecule has 0 spiro atoms. The van der Waals surface area contributed by atoms with Crippen molar-refractivity contribution in [2.45, 2.75) is 51.0 Å². The normalized spacial score (nSPS) is 20.8. The molecule has 0 unspecified atom stereocenters. The van der Waals surface area contributed by atoms with Crippen LogP contribution in [0.4, 0.5) is 0 Å². The fourth-order valence-electron chi connectivity index (χ4n) is 2.39.